The smallest absolute Gasteiger partial charge is 0.269 e. The Kier molecular flexibility index (Phi) is 5.05. The summed E-state index contributed by atoms with van der Waals surface area (Å²) in [6, 6.07) is 16.4. The van der Waals surface area contributed by atoms with Gasteiger partial charge in [-0.05, 0) is 36.4 Å². The molecule has 2 N–H and O–H groups in total. The Hall–Kier alpha value is -3.58. The van der Waals surface area contributed by atoms with Gasteiger partial charge in [0.2, 0.25) is 5.95 Å². The first-order valence-electron chi connectivity index (χ1n) is 8.88. The average molecular weight is 408 g/mol. The fraction of sp³-hybridized carbons (Fsp3) is 0.0952. The standard InChI is InChI=1S/C21H18ClN5O2/c1-23-20(28)18-12-16(8-9-24-18)29-15-6-7-19-17(11-15)26-21(27(19)2)25-14-5-3-4-13(22)10-14/h3-12H,1-2H3,(H,23,28)(H,25,26). The first-order chi connectivity index (χ1) is 14.0. The second kappa shape index (κ2) is 7.81. The summed E-state index contributed by atoms with van der Waals surface area (Å²) in [6.07, 6.45) is 1.53. The van der Waals surface area contributed by atoms with Gasteiger partial charge in [0.25, 0.3) is 5.91 Å². The van der Waals surface area contributed by atoms with Gasteiger partial charge in [-0.25, -0.2) is 4.98 Å². The van der Waals surface area contributed by atoms with Gasteiger partial charge in [-0.3, -0.25) is 9.78 Å². The van der Waals surface area contributed by atoms with E-state index < -0.39 is 0 Å². The van der Waals surface area contributed by atoms with E-state index in [1.165, 1.54) is 6.20 Å². The Labute approximate surface area is 172 Å². The minimum Gasteiger partial charge on any atom is -0.457 e. The first kappa shape index (κ1) is 18.8. The molecule has 1 amide bonds. The van der Waals surface area contributed by atoms with Crippen LogP contribution >= 0.6 is 11.6 Å². The van der Waals surface area contributed by atoms with E-state index in [9.17, 15) is 4.79 Å². The zero-order valence-electron chi connectivity index (χ0n) is 15.8. The summed E-state index contributed by atoms with van der Waals surface area (Å²) in [7, 11) is 3.49. The number of nitrogens with zero attached hydrogens (tertiary/aromatic N) is 3. The Morgan fingerprint density at radius 2 is 1.93 bits per heavy atom. The van der Waals surface area contributed by atoms with Crippen molar-refractivity contribution in [1.82, 2.24) is 19.9 Å². The van der Waals surface area contributed by atoms with Crippen molar-refractivity contribution in [3.05, 3.63) is 71.5 Å². The number of nitrogens with one attached hydrogen (secondary N) is 2. The van der Waals surface area contributed by atoms with Crippen LogP contribution in [0.1, 0.15) is 10.5 Å². The van der Waals surface area contributed by atoms with E-state index in [1.807, 2.05) is 54.1 Å². The molecular formula is C21H18ClN5O2. The number of amides is 1. The van der Waals surface area contributed by atoms with Gasteiger partial charge in [0, 0.05) is 43.1 Å². The number of aryl methyl sites for hydroxylation is 1. The van der Waals surface area contributed by atoms with E-state index in [-0.39, 0.29) is 11.6 Å². The van der Waals surface area contributed by atoms with Gasteiger partial charge in [0.05, 0.1) is 11.0 Å². The van der Waals surface area contributed by atoms with Crippen LogP contribution in [0, 0.1) is 0 Å². The molecule has 0 aliphatic carbocycles. The Balaban J connectivity index is 1.61. The molecular weight excluding hydrogens is 390 g/mol. The number of anilines is 2. The molecule has 4 aromatic rings. The monoisotopic (exact) mass is 407 g/mol. The number of ether oxygens (including phenoxy) is 1. The highest BCUT2D eigenvalue weighted by Crippen LogP contribution is 2.28. The number of hydrogen-bond donors (Lipinski definition) is 2. The molecule has 2 aromatic heterocycles. The third-order valence-corrected chi connectivity index (χ3v) is 4.59. The minimum atomic E-state index is -0.271. The van der Waals surface area contributed by atoms with E-state index in [0.717, 1.165) is 16.7 Å². The number of aromatic nitrogens is 3. The van der Waals surface area contributed by atoms with Gasteiger partial charge in [-0.2, -0.15) is 0 Å². The molecule has 2 aromatic carbocycles. The molecule has 0 aliphatic rings. The Morgan fingerprint density at radius 1 is 1.10 bits per heavy atom. The molecule has 29 heavy (non-hydrogen) atoms. The molecule has 0 aliphatic heterocycles. The predicted molar refractivity (Wildman–Crippen MR) is 113 cm³/mol. The third kappa shape index (κ3) is 4.00. The number of rotatable bonds is 5. The lowest BCUT2D eigenvalue weighted by atomic mass is 10.3. The van der Waals surface area contributed by atoms with Crippen LogP contribution in [0.2, 0.25) is 5.02 Å². The van der Waals surface area contributed by atoms with Crippen molar-refractivity contribution in [2.24, 2.45) is 7.05 Å². The van der Waals surface area contributed by atoms with Crippen LogP contribution in [0.3, 0.4) is 0 Å². The lowest BCUT2D eigenvalue weighted by molar-refractivity contribution is 0.0958. The van der Waals surface area contributed by atoms with Gasteiger partial charge >= 0.3 is 0 Å². The number of halogens is 1. The van der Waals surface area contributed by atoms with Crippen LogP contribution in [0.15, 0.2) is 60.8 Å². The molecule has 0 bridgehead atoms. The van der Waals surface area contributed by atoms with Crippen LogP contribution < -0.4 is 15.4 Å². The highest BCUT2D eigenvalue weighted by Gasteiger charge is 2.11. The van der Waals surface area contributed by atoms with Gasteiger partial charge in [0.15, 0.2) is 0 Å². The van der Waals surface area contributed by atoms with E-state index >= 15 is 0 Å². The van der Waals surface area contributed by atoms with Crippen molar-refractivity contribution in [2.75, 3.05) is 12.4 Å². The molecule has 0 unspecified atom stereocenters. The highest BCUT2D eigenvalue weighted by atomic mass is 35.5. The fourth-order valence-electron chi connectivity index (χ4n) is 2.91. The van der Waals surface area contributed by atoms with Crippen LogP contribution in [0.25, 0.3) is 11.0 Å². The summed E-state index contributed by atoms with van der Waals surface area (Å²) in [5, 5.41) is 6.47. The maximum Gasteiger partial charge on any atom is 0.269 e. The maximum atomic E-state index is 11.7. The van der Waals surface area contributed by atoms with Crippen molar-refractivity contribution >= 4 is 40.2 Å². The van der Waals surface area contributed by atoms with Crippen LogP contribution in [-0.4, -0.2) is 27.5 Å². The number of pyridine rings is 1. The lowest BCUT2D eigenvalue weighted by Crippen LogP contribution is -2.18. The van der Waals surface area contributed by atoms with Crippen molar-refractivity contribution in [3.63, 3.8) is 0 Å². The van der Waals surface area contributed by atoms with Crippen LogP contribution in [0.5, 0.6) is 11.5 Å². The summed E-state index contributed by atoms with van der Waals surface area (Å²) in [4.78, 5) is 20.4. The zero-order valence-corrected chi connectivity index (χ0v) is 16.6. The molecule has 7 nitrogen and oxygen atoms in total. The molecule has 146 valence electrons. The van der Waals surface area contributed by atoms with Crippen molar-refractivity contribution in [3.8, 4) is 11.5 Å². The van der Waals surface area contributed by atoms with E-state index in [0.29, 0.717) is 22.5 Å². The fourth-order valence-corrected chi connectivity index (χ4v) is 3.10. The predicted octanol–water partition coefficient (Wildman–Crippen LogP) is 4.52. The Morgan fingerprint density at radius 3 is 2.72 bits per heavy atom. The van der Waals surface area contributed by atoms with Crippen LogP contribution in [-0.2, 0) is 7.05 Å². The molecule has 0 spiro atoms. The molecule has 0 saturated heterocycles. The average Bonchev–Trinajstić information content (AvgIpc) is 3.02. The lowest BCUT2D eigenvalue weighted by Gasteiger charge is -2.07. The minimum absolute atomic E-state index is 0.271. The summed E-state index contributed by atoms with van der Waals surface area (Å²) in [6.45, 7) is 0. The van der Waals surface area contributed by atoms with Gasteiger partial charge < -0.3 is 19.9 Å². The first-order valence-corrected chi connectivity index (χ1v) is 9.26. The Bertz CT molecular complexity index is 1200. The molecule has 0 fully saturated rings. The molecule has 4 rings (SSSR count). The van der Waals surface area contributed by atoms with Gasteiger partial charge in [0.1, 0.15) is 17.2 Å². The number of imidazole rings is 1. The molecule has 2 heterocycles. The second-order valence-electron chi connectivity index (χ2n) is 6.34. The summed E-state index contributed by atoms with van der Waals surface area (Å²) >= 11 is 6.05. The van der Waals surface area contributed by atoms with Crippen LogP contribution in [0.4, 0.5) is 11.6 Å². The molecule has 0 saturated carbocycles. The summed E-state index contributed by atoms with van der Waals surface area (Å²) in [5.41, 5.74) is 2.86. The summed E-state index contributed by atoms with van der Waals surface area (Å²) in [5.74, 6) is 1.54. The maximum absolute atomic E-state index is 11.7. The zero-order chi connectivity index (χ0) is 20.4. The number of carbonyl (C=O) groups is 1. The van der Waals surface area contributed by atoms with Gasteiger partial charge in [-0.1, -0.05) is 17.7 Å². The molecule has 0 atom stereocenters. The second-order valence-corrected chi connectivity index (χ2v) is 6.77. The van der Waals surface area contributed by atoms with Gasteiger partial charge in [-0.15, -0.1) is 0 Å². The SMILES string of the molecule is CNC(=O)c1cc(Oc2ccc3c(c2)nc(Nc2cccc(Cl)c2)n3C)ccn1. The molecule has 8 heteroatoms. The quantitative estimate of drug-likeness (QED) is 0.508. The third-order valence-electron chi connectivity index (χ3n) is 4.36. The normalized spacial score (nSPS) is 10.7. The van der Waals surface area contributed by atoms with E-state index in [4.69, 9.17) is 16.3 Å². The number of benzene rings is 2. The summed E-state index contributed by atoms with van der Waals surface area (Å²) < 4.78 is 7.85. The van der Waals surface area contributed by atoms with Crippen molar-refractivity contribution in [2.45, 2.75) is 0 Å². The van der Waals surface area contributed by atoms with E-state index in [2.05, 4.69) is 20.6 Å². The van der Waals surface area contributed by atoms with E-state index in [1.54, 1.807) is 19.2 Å². The van der Waals surface area contributed by atoms with Crippen molar-refractivity contribution < 1.29 is 9.53 Å². The highest BCUT2D eigenvalue weighted by molar-refractivity contribution is 6.30. The largest absolute Gasteiger partial charge is 0.457 e. The number of hydrogen-bond acceptors (Lipinski definition) is 5. The van der Waals surface area contributed by atoms with Crippen molar-refractivity contribution in [1.29, 1.82) is 0 Å². The number of carbonyl (C=O) groups excluding carboxylic acids is 1. The molecule has 0 radical (unpaired) electrons. The topological polar surface area (TPSA) is 81.1 Å². The number of fused-ring (bicyclic) bond motifs is 1.